The monoisotopic (exact) mass is 379 g/mol. The van der Waals surface area contributed by atoms with Crippen LogP contribution in [0.1, 0.15) is 35.6 Å². The lowest BCUT2D eigenvalue weighted by Gasteiger charge is -2.34. The number of hydrogen-bond acceptors (Lipinski definition) is 3. The number of ether oxygens (including phenoxy) is 1. The first kappa shape index (κ1) is 17.7. The van der Waals surface area contributed by atoms with Gasteiger partial charge in [0.25, 0.3) is 0 Å². The second-order valence-corrected chi connectivity index (χ2v) is 8.20. The fourth-order valence-electron chi connectivity index (χ4n) is 5.00. The molecule has 1 aliphatic heterocycles. The maximum Gasteiger partial charge on any atom is 0.194 e. The molecule has 0 amide bonds. The summed E-state index contributed by atoms with van der Waals surface area (Å²) in [4.78, 5) is 7.39. The summed E-state index contributed by atoms with van der Waals surface area (Å²) in [6.07, 6.45) is 5.24. The lowest BCUT2D eigenvalue weighted by molar-refractivity contribution is -0.00804. The SMILES string of the molecule is CCNC(=NCC1C2Cc3ccccc3C12)N1CCOC(c2cnn(C)c2)C1. The van der Waals surface area contributed by atoms with E-state index in [-0.39, 0.29) is 6.10 Å². The number of nitrogens with one attached hydrogen (secondary N) is 1. The largest absolute Gasteiger partial charge is 0.370 e. The molecule has 1 N–H and O–H groups in total. The third-order valence-electron chi connectivity index (χ3n) is 6.45. The summed E-state index contributed by atoms with van der Waals surface area (Å²) in [5.74, 6) is 3.27. The number of nitrogens with zero attached hydrogens (tertiary/aromatic N) is 4. The topological polar surface area (TPSA) is 54.7 Å². The van der Waals surface area contributed by atoms with Crippen molar-refractivity contribution in [3.8, 4) is 0 Å². The van der Waals surface area contributed by atoms with Crippen molar-refractivity contribution in [1.29, 1.82) is 0 Å². The molecule has 2 aliphatic carbocycles. The van der Waals surface area contributed by atoms with Gasteiger partial charge in [-0.3, -0.25) is 9.67 Å². The highest BCUT2D eigenvalue weighted by Crippen LogP contribution is 2.61. The number of morpholine rings is 1. The second kappa shape index (κ2) is 7.24. The van der Waals surface area contributed by atoms with Crippen LogP contribution in [0.5, 0.6) is 0 Å². The van der Waals surface area contributed by atoms with Crippen molar-refractivity contribution in [2.45, 2.75) is 25.4 Å². The molecule has 6 heteroatoms. The van der Waals surface area contributed by atoms with Gasteiger partial charge in [-0.25, -0.2) is 0 Å². The van der Waals surface area contributed by atoms with Gasteiger partial charge in [0, 0.05) is 38.4 Å². The van der Waals surface area contributed by atoms with E-state index in [0.29, 0.717) is 12.5 Å². The van der Waals surface area contributed by atoms with Crippen molar-refractivity contribution in [3.05, 3.63) is 53.3 Å². The number of aryl methyl sites for hydroxylation is 1. The molecule has 0 radical (unpaired) electrons. The van der Waals surface area contributed by atoms with Gasteiger partial charge in [-0.1, -0.05) is 24.3 Å². The van der Waals surface area contributed by atoms with Gasteiger partial charge < -0.3 is 15.0 Å². The number of rotatable bonds is 4. The van der Waals surface area contributed by atoms with Crippen molar-refractivity contribution < 1.29 is 4.74 Å². The molecule has 1 saturated heterocycles. The summed E-state index contributed by atoms with van der Waals surface area (Å²) < 4.78 is 7.83. The minimum Gasteiger partial charge on any atom is -0.370 e. The fraction of sp³-hybridized carbons (Fsp3) is 0.545. The molecule has 1 aromatic carbocycles. The number of fused-ring (bicyclic) bond motifs is 3. The number of aliphatic imine (C=N–C) groups is 1. The first-order valence-electron chi connectivity index (χ1n) is 10.5. The van der Waals surface area contributed by atoms with Crippen molar-refractivity contribution >= 4 is 5.96 Å². The number of benzene rings is 1. The lowest BCUT2D eigenvalue weighted by Crippen LogP contribution is -2.48. The van der Waals surface area contributed by atoms with E-state index in [1.165, 1.54) is 6.42 Å². The zero-order chi connectivity index (χ0) is 19.1. The zero-order valence-electron chi connectivity index (χ0n) is 16.7. The molecule has 148 valence electrons. The summed E-state index contributed by atoms with van der Waals surface area (Å²) in [6.45, 7) is 6.35. The molecule has 5 rings (SSSR count). The summed E-state index contributed by atoms with van der Waals surface area (Å²) in [5.41, 5.74) is 4.26. The van der Waals surface area contributed by atoms with Crippen LogP contribution in [-0.4, -0.2) is 53.4 Å². The average Bonchev–Trinajstić information content (AvgIpc) is 3.03. The summed E-state index contributed by atoms with van der Waals surface area (Å²) in [6, 6.07) is 8.95. The molecule has 0 spiro atoms. The molecule has 2 fully saturated rings. The van der Waals surface area contributed by atoms with Gasteiger partial charge in [-0.15, -0.1) is 0 Å². The first-order chi connectivity index (χ1) is 13.7. The quantitative estimate of drug-likeness (QED) is 0.654. The van der Waals surface area contributed by atoms with Crippen LogP contribution in [0.25, 0.3) is 0 Å². The van der Waals surface area contributed by atoms with E-state index in [1.54, 1.807) is 11.1 Å². The van der Waals surface area contributed by atoms with Crippen LogP contribution in [0, 0.1) is 11.8 Å². The zero-order valence-corrected chi connectivity index (χ0v) is 16.7. The Morgan fingerprint density at radius 3 is 3.07 bits per heavy atom. The number of guanidine groups is 1. The van der Waals surface area contributed by atoms with E-state index in [9.17, 15) is 0 Å². The Balaban J connectivity index is 1.26. The molecule has 28 heavy (non-hydrogen) atoms. The van der Waals surface area contributed by atoms with Gasteiger partial charge in [0.1, 0.15) is 6.10 Å². The minimum atomic E-state index is 0.0542. The van der Waals surface area contributed by atoms with Crippen LogP contribution in [0.3, 0.4) is 0 Å². The highest BCUT2D eigenvalue weighted by molar-refractivity contribution is 5.80. The van der Waals surface area contributed by atoms with Crippen LogP contribution in [0.4, 0.5) is 0 Å². The van der Waals surface area contributed by atoms with Crippen LogP contribution >= 0.6 is 0 Å². The van der Waals surface area contributed by atoms with Gasteiger partial charge >= 0.3 is 0 Å². The Morgan fingerprint density at radius 1 is 1.36 bits per heavy atom. The Labute approximate surface area is 166 Å². The number of aromatic nitrogens is 2. The third kappa shape index (κ3) is 3.20. The molecule has 2 aromatic rings. The first-order valence-corrected chi connectivity index (χ1v) is 10.5. The van der Waals surface area contributed by atoms with E-state index in [0.717, 1.165) is 49.5 Å². The maximum absolute atomic E-state index is 6.00. The van der Waals surface area contributed by atoms with E-state index in [1.807, 2.05) is 24.1 Å². The Morgan fingerprint density at radius 2 is 2.25 bits per heavy atom. The van der Waals surface area contributed by atoms with E-state index >= 15 is 0 Å². The highest BCUT2D eigenvalue weighted by atomic mass is 16.5. The molecule has 6 nitrogen and oxygen atoms in total. The molecule has 2 heterocycles. The maximum atomic E-state index is 6.00. The summed E-state index contributed by atoms with van der Waals surface area (Å²) >= 11 is 0. The molecule has 1 aromatic heterocycles. The standard InChI is InChI=1S/C22H29N5O/c1-3-23-22(27-8-9-28-20(14-27)16-11-25-26(2)13-16)24-12-19-18-10-15-6-4-5-7-17(15)21(18)19/h4-7,11,13,18-21H,3,8-10,12,14H2,1-2H3,(H,23,24). The Kier molecular flexibility index (Phi) is 4.59. The molecule has 3 aliphatic rings. The van der Waals surface area contributed by atoms with Gasteiger partial charge in [0.2, 0.25) is 0 Å². The van der Waals surface area contributed by atoms with Crippen LogP contribution in [-0.2, 0) is 18.2 Å². The summed E-state index contributed by atoms with van der Waals surface area (Å²) in [5, 5.41) is 7.79. The van der Waals surface area contributed by atoms with Crippen molar-refractivity contribution in [1.82, 2.24) is 20.0 Å². The van der Waals surface area contributed by atoms with Gasteiger partial charge in [-0.2, -0.15) is 5.10 Å². The molecule has 0 bridgehead atoms. The fourth-order valence-corrected chi connectivity index (χ4v) is 5.00. The smallest absolute Gasteiger partial charge is 0.194 e. The molecular weight excluding hydrogens is 350 g/mol. The Bertz CT molecular complexity index is 875. The van der Waals surface area contributed by atoms with Gasteiger partial charge in [0.05, 0.1) is 19.3 Å². The highest BCUT2D eigenvalue weighted by Gasteiger charge is 2.55. The van der Waals surface area contributed by atoms with E-state index < -0.39 is 0 Å². The molecule has 4 unspecified atom stereocenters. The van der Waals surface area contributed by atoms with Crippen molar-refractivity contribution in [2.75, 3.05) is 32.8 Å². The normalized spacial score (nSPS) is 28.8. The lowest BCUT2D eigenvalue weighted by atomic mass is 10.0. The minimum absolute atomic E-state index is 0.0542. The predicted molar refractivity (Wildman–Crippen MR) is 109 cm³/mol. The Hall–Kier alpha value is -2.34. The second-order valence-electron chi connectivity index (χ2n) is 8.20. The van der Waals surface area contributed by atoms with E-state index in [2.05, 4.69) is 46.5 Å². The van der Waals surface area contributed by atoms with Crippen molar-refractivity contribution in [2.24, 2.45) is 23.9 Å². The van der Waals surface area contributed by atoms with Gasteiger partial charge in [0.15, 0.2) is 5.96 Å². The van der Waals surface area contributed by atoms with E-state index in [4.69, 9.17) is 9.73 Å². The summed E-state index contributed by atoms with van der Waals surface area (Å²) in [7, 11) is 1.94. The van der Waals surface area contributed by atoms with Crippen molar-refractivity contribution in [3.63, 3.8) is 0 Å². The molecular formula is C22H29N5O. The number of hydrogen-bond donors (Lipinski definition) is 1. The third-order valence-corrected chi connectivity index (χ3v) is 6.45. The predicted octanol–water partition coefficient (Wildman–Crippen LogP) is 2.34. The van der Waals surface area contributed by atoms with Gasteiger partial charge in [-0.05, 0) is 42.2 Å². The van der Waals surface area contributed by atoms with Crippen LogP contribution in [0.15, 0.2) is 41.7 Å². The molecule has 1 saturated carbocycles. The average molecular weight is 380 g/mol. The molecule has 4 atom stereocenters. The van der Waals surface area contributed by atoms with Crippen LogP contribution in [0.2, 0.25) is 0 Å². The van der Waals surface area contributed by atoms with Crippen LogP contribution < -0.4 is 5.32 Å².